The summed E-state index contributed by atoms with van der Waals surface area (Å²) >= 11 is 5.93. The van der Waals surface area contributed by atoms with Gasteiger partial charge in [-0.3, -0.25) is 0 Å². The molecule has 0 spiro atoms. The lowest BCUT2D eigenvalue weighted by Gasteiger charge is -2.20. The number of benzene rings is 1. The summed E-state index contributed by atoms with van der Waals surface area (Å²) in [6.07, 6.45) is 1.78. The van der Waals surface area contributed by atoms with Crippen molar-refractivity contribution in [3.63, 3.8) is 0 Å². The Labute approximate surface area is 106 Å². The van der Waals surface area contributed by atoms with Crippen LogP contribution in [0, 0.1) is 0 Å². The molecule has 0 saturated carbocycles. The molecule has 86 valence electrons. The van der Waals surface area contributed by atoms with E-state index in [2.05, 4.69) is 11.6 Å². The summed E-state index contributed by atoms with van der Waals surface area (Å²) in [5, 5.41) is 0.480. The molecule has 0 radical (unpaired) electrons. The lowest BCUT2D eigenvalue weighted by Crippen LogP contribution is -2.12. The van der Waals surface area contributed by atoms with Crippen molar-refractivity contribution in [2.75, 3.05) is 11.9 Å². The molecule has 0 unspecified atom stereocenters. The highest BCUT2D eigenvalue weighted by Crippen LogP contribution is 2.26. The SMILES string of the molecule is C=Cc1ccc(Cl)nc1N(C)c1ccccc1. The van der Waals surface area contributed by atoms with Gasteiger partial charge in [0.15, 0.2) is 0 Å². The number of hydrogen-bond acceptors (Lipinski definition) is 2. The van der Waals surface area contributed by atoms with E-state index < -0.39 is 0 Å². The van der Waals surface area contributed by atoms with Crippen LogP contribution in [0.4, 0.5) is 11.5 Å². The van der Waals surface area contributed by atoms with Crippen molar-refractivity contribution in [1.82, 2.24) is 4.98 Å². The van der Waals surface area contributed by atoms with E-state index in [4.69, 9.17) is 11.6 Å². The van der Waals surface area contributed by atoms with Crippen LogP contribution in [0.25, 0.3) is 6.08 Å². The van der Waals surface area contributed by atoms with Gasteiger partial charge in [0.1, 0.15) is 11.0 Å². The zero-order valence-corrected chi connectivity index (χ0v) is 10.4. The highest BCUT2D eigenvalue weighted by molar-refractivity contribution is 6.29. The van der Waals surface area contributed by atoms with Crippen LogP contribution < -0.4 is 4.90 Å². The second-order valence-corrected chi connectivity index (χ2v) is 4.03. The number of aromatic nitrogens is 1. The molecule has 0 N–H and O–H groups in total. The van der Waals surface area contributed by atoms with Crippen molar-refractivity contribution in [2.45, 2.75) is 0 Å². The molecular formula is C14H13ClN2. The minimum Gasteiger partial charge on any atom is -0.329 e. The maximum Gasteiger partial charge on any atom is 0.141 e. The predicted octanol–water partition coefficient (Wildman–Crippen LogP) is 4.15. The van der Waals surface area contributed by atoms with Crippen LogP contribution in [0.2, 0.25) is 5.15 Å². The highest BCUT2D eigenvalue weighted by atomic mass is 35.5. The first-order valence-electron chi connectivity index (χ1n) is 5.30. The van der Waals surface area contributed by atoms with Crippen molar-refractivity contribution in [1.29, 1.82) is 0 Å². The average Bonchev–Trinajstić information content (AvgIpc) is 2.39. The quantitative estimate of drug-likeness (QED) is 0.755. The van der Waals surface area contributed by atoms with E-state index in [-0.39, 0.29) is 0 Å². The Morgan fingerprint density at radius 3 is 2.53 bits per heavy atom. The van der Waals surface area contributed by atoms with Gasteiger partial charge in [-0.1, -0.05) is 42.5 Å². The van der Waals surface area contributed by atoms with Gasteiger partial charge < -0.3 is 4.90 Å². The molecule has 17 heavy (non-hydrogen) atoms. The topological polar surface area (TPSA) is 16.1 Å². The van der Waals surface area contributed by atoms with Crippen molar-refractivity contribution in [2.24, 2.45) is 0 Å². The molecule has 2 rings (SSSR count). The second kappa shape index (κ2) is 5.02. The van der Waals surface area contributed by atoms with E-state index in [1.807, 2.05) is 48.3 Å². The third kappa shape index (κ3) is 2.48. The molecule has 1 heterocycles. The van der Waals surface area contributed by atoms with Gasteiger partial charge in [0.05, 0.1) is 0 Å². The minimum absolute atomic E-state index is 0.480. The monoisotopic (exact) mass is 244 g/mol. The zero-order chi connectivity index (χ0) is 12.3. The van der Waals surface area contributed by atoms with Crippen molar-refractivity contribution < 1.29 is 0 Å². The smallest absolute Gasteiger partial charge is 0.141 e. The molecule has 2 aromatic rings. The van der Waals surface area contributed by atoms with Gasteiger partial charge in [-0.25, -0.2) is 4.98 Å². The van der Waals surface area contributed by atoms with Crippen molar-refractivity contribution >= 4 is 29.2 Å². The van der Waals surface area contributed by atoms with Crippen LogP contribution in [0.1, 0.15) is 5.56 Å². The fraction of sp³-hybridized carbons (Fsp3) is 0.0714. The predicted molar refractivity (Wildman–Crippen MR) is 73.8 cm³/mol. The maximum atomic E-state index is 5.93. The number of hydrogen-bond donors (Lipinski definition) is 0. The molecule has 3 heteroatoms. The summed E-state index contributed by atoms with van der Waals surface area (Å²) < 4.78 is 0. The van der Waals surface area contributed by atoms with Gasteiger partial charge in [-0.2, -0.15) is 0 Å². The Hall–Kier alpha value is -1.80. The van der Waals surface area contributed by atoms with Gasteiger partial charge in [-0.05, 0) is 24.3 Å². The second-order valence-electron chi connectivity index (χ2n) is 3.65. The summed E-state index contributed by atoms with van der Waals surface area (Å²) in [4.78, 5) is 6.33. The van der Waals surface area contributed by atoms with Crippen LogP contribution in [0.15, 0.2) is 49.0 Å². The molecule has 0 aliphatic rings. The average molecular weight is 245 g/mol. The molecule has 0 saturated heterocycles. The van der Waals surface area contributed by atoms with E-state index in [1.54, 1.807) is 12.1 Å². The first-order valence-corrected chi connectivity index (χ1v) is 5.68. The Morgan fingerprint density at radius 1 is 1.18 bits per heavy atom. The van der Waals surface area contributed by atoms with Gasteiger partial charge in [0.25, 0.3) is 0 Å². The first-order chi connectivity index (χ1) is 8.22. The first kappa shape index (κ1) is 11.7. The highest BCUT2D eigenvalue weighted by Gasteiger charge is 2.09. The van der Waals surface area contributed by atoms with Crippen LogP contribution in [0.3, 0.4) is 0 Å². The van der Waals surface area contributed by atoms with E-state index in [1.165, 1.54) is 0 Å². The number of rotatable bonds is 3. The Balaban J connectivity index is 2.46. The largest absolute Gasteiger partial charge is 0.329 e. The number of nitrogens with zero attached hydrogens (tertiary/aromatic N) is 2. The lowest BCUT2D eigenvalue weighted by atomic mass is 10.2. The summed E-state index contributed by atoms with van der Waals surface area (Å²) in [6, 6.07) is 13.7. The van der Waals surface area contributed by atoms with Gasteiger partial charge in [0.2, 0.25) is 0 Å². The molecule has 1 aromatic heterocycles. The molecule has 0 aliphatic heterocycles. The fourth-order valence-electron chi connectivity index (χ4n) is 1.64. The van der Waals surface area contributed by atoms with E-state index in [9.17, 15) is 0 Å². The van der Waals surface area contributed by atoms with Crippen LogP contribution >= 0.6 is 11.6 Å². The number of pyridine rings is 1. The third-order valence-corrected chi connectivity index (χ3v) is 2.76. The van der Waals surface area contributed by atoms with E-state index >= 15 is 0 Å². The third-order valence-electron chi connectivity index (χ3n) is 2.55. The van der Waals surface area contributed by atoms with Gasteiger partial charge in [0, 0.05) is 18.3 Å². The minimum atomic E-state index is 0.480. The van der Waals surface area contributed by atoms with Gasteiger partial charge >= 0.3 is 0 Å². The number of halogens is 1. The summed E-state index contributed by atoms with van der Waals surface area (Å²) in [6.45, 7) is 3.79. The van der Waals surface area contributed by atoms with Gasteiger partial charge in [-0.15, -0.1) is 0 Å². The number of anilines is 2. The molecule has 0 atom stereocenters. The summed E-state index contributed by atoms with van der Waals surface area (Å²) in [5.74, 6) is 0.804. The van der Waals surface area contributed by atoms with Crippen molar-refractivity contribution in [3.8, 4) is 0 Å². The molecule has 2 nitrogen and oxygen atoms in total. The summed E-state index contributed by atoms with van der Waals surface area (Å²) in [5.41, 5.74) is 2.02. The van der Waals surface area contributed by atoms with Crippen LogP contribution in [0.5, 0.6) is 0 Å². The van der Waals surface area contributed by atoms with Crippen molar-refractivity contribution in [3.05, 3.63) is 59.8 Å². The molecule has 1 aromatic carbocycles. The zero-order valence-electron chi connectivity index (χ0n) is 9.60. The normalized spacial score (nSPS) is 10.0. The maximum absolute atomic E-state index is 5.93. The van der Waals surface area contributed by atoms with E-state index in [0.717, 1.165) is 17.1 Å². The lowest BCUT2D eigenvalue weighted by molar-refractivity contribution is 1.12. The van der Waals surface area contributed by atoms with Crippen LogP contribution in [-0.4, -0.2) is 12.0 Å². The Morgan fingerprint density at radius 2 is 1.88 bits per heavy atom. The molecular weight excluding hydrogens is 232 g/mol. The molecule has 0 amide bonds. The van der Waals surface area contributed by atoms with Crippen LogP contribution in [-0.2, 0) is 0 Å². The standard InChI is InChI=1S/C14H13ClN2/c1-3-11-9-10-13(15)16-14(11)17(2)12-7-5-4-6-8-12/h3-10H,1H2,2H3. The van der Waals surface area contributed by atoms with E-state index in [0.29, 0.717) is 5.15 Å². The fourth-order valence-corrected chi connectivity index (χ4v) is 1.78. The molecule has 0 fully saturated rings. The molecule has 0 bridgehead atoms. The Bertz CT molecular complexity index is 523. The number of para-hydroxylation sites is 1. The molecule has 0 aliphatic carbocycles. The Kier molecular flexibility index (Phi) is 3.45. The summed E-state index contributed by atoms with van der Waals surface area (Å²) in [7, 11) is 1.96.